The zero-order valence-corrected chi connectivity index (χ0v) is 10.8. The van der Waals surface area contributed by atoms with Gasteiger partial charge in [-0.25, -0.2) is 15.0 Å². The largest absolute Gasteiger partial charge is 0.288 e. The number of nitrogens with zero attached hydrogens (tertiary/aromatic N) is 4. The molecule has 0 radical (unpaired) electrons. The fraction of sp³-hybridized carbons (Fsp3) is 0.500. The van der Waals surface area contributed by atoms with E-state index in [9.17, 15) is 0 Å². The summed E-state index contributed by atoms with van der Waals surface area (Å²) in [6, 6.07) is 0. The Balaban J connectivity index is 2.08. The van der Waals surface area contributed by atoms with Crippen molar-refractivity contribution in [3.05, 3.63) is 35.8 Å². The molecule has 1 aliphatic rings. The molecule has 2 heterocycles. The highest BCUT2D eigenvalue weighted by Gasteiger charge is 2.17. The summed E-state index contributed by atoms with van der Waals surface area (Å²) < 4.78 is 2.13. The highest BCUT2D eigenvalue weighted by molar-refractivity contribution is 5.39. The summed E-state index contributed by atoms with van der Waals surface area (Å²) >= 11 is 0. The van der Waals surface area contributed by atoms with Crippen molar-refractivity contribution >= 4 is 0 Å². The first-order valence-electron chi connectivity index (χ1n) is 6.75. The van der Waals surface area contributed by atoms with Crippen molar-refractivity contribution in [1.82, 2.24) is 19.5 Å². The van der Waals surface area contributed by atoms with Crippen LogP contribution in [0.25, 0.3) is 5.82 Å². The van der Waals surface area contributed by atoms with Crippen LogP contribution in [-0.2, 0) is 19.3 Å². The first-order chi connectivity index (χ1) is 8.90. The van der Waals surface area contributed by atoms with E-state index in [0.717, 1.165) is 37.3 Å². The third-order valence-electron chi connectivity index (χ3n) is 3.52. The molecule has 3 rings (SSSR count). The SMILES string of the molecule is CCCc1nccn1-c1ncnc2c1CCCC2. The summed E-state index contributed by atoms with van der Waals surface area (Å²) in [5, 5.41) is 0. The summed E-state index contributed by atoms with van der Waals surface area (Å²) in [5.74, 6) is 2.14. The van der Waals surface area contributed by atoms with Gasteiger partial charge in [-0.15, -0.1) is 0 Å². The van der Waals surface area contributed by atoms with E-state index in [0.29, 0.717) is 0 Å². The average molecular weight is 242 g/mol. The van der Waals surface area contributed by atoms with Crippen molar-refractivity contribution in [1.29, 1.82) is 0 Å². The second kappa shape index (κ2) is 4.88. The molecular weight excluding hydrogens is 224 g/mol. The molecule has 4 nitrogen and oxygen atoms in total. The molecule has 4 heteroatoms. The van der Waals surface area contributed by atoms with E-state index >= 15 is 0 Å². The third-order valence-corrected chi connectivity index (χ3v) is 3.52. The van der Waals surface area contributed by atoms with Crippen molar-refractivity contribution in [3.8, 4) is 5.82 Å². The summed E-state index contributed by atoms with van der Waals surface area (Å²) in [6.07, 6.45) is 12.3. The predicted molar refractivity (Wildman–Crippen MR) is 69.8 cm³/mol. The van der Waals surface area contributed by atoms with E-state index in [-0.39, 0.29) is 0 Å². The van der Waals surface area contributed by atoms with Gasteiger partial charge in [-0.05, 0) is 32.1 Å². The first kappa shape index (κ1) is 11.4. The van der Waals surface area contributed by atoms with Crippen LogP contribution in [0.4, 0.5) is 0 Å². The molecule has 0 atom stereocenters. The van der Waals surface area contributed by atoms with Crippen LogP contribution in [0.3, 0.4) is 0 Å². The van der Waals surface area contributed by atoms with Gasteiger partial charge in [0.1, 0.15) is 18.0 Å². The van der Waals surface area contributed by atoms with Gasteiger partial charge in [-0.1, -0.05) is 6.92 Å². The molecule has 0 aliphatic heterocycles. The van der Waals surface area contributed by atoms with Gasteiger partial charge in [0.15, 0.2) is 0 Å². The monoisotopic (exact) mass is 242 g/mol. The minimum Gasteiger partial charge on any atom is -0.288 e. The Bertz CT molecular complexity index is 544. The maximum Gasteiger partial charge on any atom is 0.144 e. The number of imidazole rings is 1. The van der Waals surface area contributed by atoms with Gasteiger partial charge in [0, 0.05) is 30.1 Å². The van der Waals surface area contributed by atoms with Gasteiger partial charge in [0.05, 0.1) is 0 Å². The van der Waals surface area contributed by atoms with Gasteiger partial charge < -0.3 is 0 Å². The van der Waals surface area contributed by atoms with E-state index in [1.807, 2.05) is 12.4 Å². The Hall–Kier alpha value is -1.71. The lowest BCUT2D eigenvalue weighted by Gasteiger charge is -2.18. The van der Waals surface area contributed by atoms with Gasteiger partial charge in [0.2, 0.25) is 0 Å². The molecule has 0 amide bonds. The minimum absolute atomic E-state index is 0.992. The Morgan fingerprint density at radius 2 is 2.06 bits per heavy atom. The van der Waals surface area contributed by atoms with Crippen LogP contribution in [0.5, 0.6) is 0 Å². The number of rotatable bonds is 3. The van der Waals surface area contributed by atoms with Crippen molar-refractivity contribution in [3.63, 3.8) is 0 Å². The number of aryl methyl sites for hydroxylation is 2. The zero-order chi connectivity index (χ0) is 12.4. The summed E-state index contributed by atoms with van der Waals surface area (Å²) in [4.78, 5) is 13.3. The topological polar surface area (TPSA) is 43.6 Å². The summed E-state index contributed by atoms with van der Waals surface area (Å²) in [5.41, 5.74) is 2.54. The van der Waals surface area contributed by atoms with Gasteiger partial charge >= 0.3 is 0 Å². The van der Waals surface area contributed by atoms with Crippen LogP contribution < -0.4 is 0 Å². The second-order valence-electron chi connectivity index (χ2n) is 4.79. The summed E-state index contributed by atoms with van der Waals surface area (Å²) in [7, 11) is 0. The Morgan fingerprint density at radius 1 is 1.17 bits per heavy atom. The molecule has 0 fully saturated rings. The lowest BCUT2D eigenvalue weighted by atomic mass is 9.96. The second-order valence-corrected chi connectivity index (χ2v) is 4.79. The lowest BCUT2D eigenvalue weighted by molar-refractivity contribution is 0.652. The Morgan fingerprint density at radius 3 is 2.94 bits per heavy atom. The molecule has 0 unspecified atom stereocenters. The van der Waals surface area contributed by atoms with Crippen LogP contribution >= 0.6 is 0 Å². The van der Waals surface area contributed by atoms with Crippen molar-refractivity contribution < 1.29 is 0 Å². The highest BCUT2D eigenvalue weighted by atomic mass is 15.1. The molecular formula is C14H18N4. The number of aromatic nitrogens is 4. The number of hydrogen-bond donors (Lipinski definition) is 0. The van der Waals surface area contributed by atoms with Crippen LogP contribution in [0.1, 0.15) is 43.3 Å². The van der Waals surface area contributed by atoms with E-state index in [1.165, 1.54) is 24.1 Å². The molecule has 18 heavy (non-hydrogen) atoms. The lowest BCUT2D eigenvalue weighted by Crippen LogP contribution is -2.13. The molecule has 0 N–H and O–H groups in total. The van der Waals surface area contributed by atoms with E-state index < -0.39 is 0 Å². The molecule has 2 aromatic heterocycles. The molecule has 0 saturated heterocycles. The van der Waals surface area contributed by atoms with Gasteiger partial charge in [0.25, 0.3) is 0 Å². The summed E-state index contributed by atoms with van der Waals surface area (Å²) in [6.45, 7) is 2.18. The highest BCUT2D eigenvalue weighted by Crippen LogP contribution is 2.24. The fourth-order valence-electron chi connectivity index (χ4n) is 2.65. The van der Waals surface area contributed by atoms with Crippen LogP contribution in [0, 0.1) is 0 Å². The minimum atomic E-state index is 0.992. The smallest absolute Gasteiger partial charge is 0.144 e. The quantitative estimate of drug-likeness (QED) is 0.830. The third kappa shape index (κ3) is 1.92. The molecule has 0 saturated carbocycles. The first-order valence-corrected chi connectivity index (χ1v) is 6.75. The van der Waals surface area contributed by atoms with Gasteiger partial charge in [-0.3, -0.25) is 4.57 Å². The Kier molecular flexibility index (Phi) is 3.09. The van der Waals surface area contributed by atoms with Crippen LogP contribution in [0.15, 0.2) is 18.7 Å². The van der Waals surface area contributed by atoms with Crippen LogP contribution in [-0.4, -0.2) is 19.5 Å². The van der Waals surface area contributed by atoms with E-state index in [4.69, 9.17) is 0 Å². The molecule has 94 valence electrons. The zero-order valence-electron chi connectivity index (χ0n) is 10.8. The fourth-order valence-corrected chi connectivity index (χ4v) is 2.65. The van der Waals surface area contributed by atoms with Gasteiger partial charge in [-0.2, -0.15) is 0 Å². The van der Waals surface area contributed by atoms with Crippen molar-refractivity contribution in [2.75, 3.05) is 0 Å². The number of hydrogen-bond acceptors (Lipinski definition) is 3. The average Bonchev–Trinajstić information content (AvgIpc) is 2.87. The Labute approximate surface area is 107 Å². The molecule has 2 aromatic rings. The van der Waals surface area contributed by atoms with Crippen molar-refractivity contribution in [2.45, 2.75) is 45.4 Å². The molecule has 0 bridgehead atoms. The molecule has 0 spiro atoms. The predicted octanol–water partition coefficient (Wildman–Crippen LogP) is 2.49. The molecule has 0 aromatic carbocycles. The normalized spacial score (nSPS) is 14.5. The maximum absolute atomic E-state index is 4.49. The standard InChI is InChI=1S/C14H18N4/c1-2-5-13-15-8-9-18(13)14-11-6-3-4-7-12(11)16-10-17-14/h8-10H,2-7H2,1H3. The van der Waals surface area contributed by atoms with Crippen LogP contribution in [0.2, 0.25) is 0 Å². The van der Waals surface area contributed by atoms with E-state index in [2.05, 4.69) is 26.4 Å². The van der Waals surface area contributed by atoms with Crippen molar-refractivity contribution in [2.24, 2.45) is 0 Å². The number of fused-ring (bicyclic) bond motifs is 1. The molecule has 1 aliphatic carbocycles. The van der Waals surface area contributed by atoms with E-state index in [1.54, 1.807) is 6.33 Å². The maximum atomic E-state index is 4.49.